The van der Waals surface area contributed by atoms with Crippen molar-refractivity contribution in [2.45, 2.75) is 36.9 Å². The molecule has 11 heteroatoms. The highest BCUT2D eigenvalue weighted by molar-refractivity contribution is 7.98. The number of thioether (sulfide) groups is 1. The highest BCUT2D eigenvalue weighted by atomic mass is 32.2. The quantitative estimate of drug-likeness (QED) is 0.314. The highest BCUT2D eigenvalue weighted by Gasteiger charge is 2.31. The molecular formula is C24H22F3N5O2S. The number of halogens is 3. The van der Waals surface area contributed by atoms with Gasteiger partial charge in [-0.05, 0) is 30.2 Å². The van der Waals surface area contributed by atoms with Gasteiger partial charge in [-0.1, -0.05) is 55.1 Å². The number of nitrogens with zero attached hydrogens (tertiary/aromatic N) is 4. The minimum absolute atomic E-state index is 0.165. The molecule has 182 valence electrons. The molecule has 1 N–H and O–H groups in total. The number of alkyl halides is 3. The average molecular weight is 502 g/mol. The Labute approximate surface area is 203 Å². The number of aromatic nitrogens is 4. The summed E-state index contributed by atoms with van der Waals surface area (Å²) in [5.74, 6) is 0.665. The van der Waals surface area contributed by atoms with E-state index >= 15 is 0 Å². The van der Waals surface area contributed by atoms with Crippen LogP contribution in [0.25, 0.3) is 5.69 Å². The van der Waals surface area contributed by atoms with E-state index in [0.717, 1.165) is 24.1 Å². The predicted octanol–water partition coefficient (Wildman–Crippen LogP) is 5.30. The van der Waals surface area contributed by atoms with Crippen molar-refractivity contribution >= 4 is 17.7 Å². The fraction of sp³-hybridized carbons (Fsp3) is 0.250. The molecule has 4 rings (SSSR count). The summed E-state index contributed by atoms with van der Waals surface area (Å²) in [7, 11) is 0. The Morgan fingerprint density at radius 1 is 1.11 bits per heavy atom. The molecular weight excluding hydrogens is 479 g/mol. The molecule has 4 aromatic rings. The normalized spacial score (nSPS) is 11.5. The van der Waals surface area contributed by atoms with E-state index in [1.54, 1.807) is 10.6 Å². The maximum absolute atomic E-state index is 13.4. The molecule has 0 saturated carbocycles. The van der Waals surface area contributed by atoms with E-state index in [2.05, 4.69) is 20.5 Å². The third-order valence-electron chi connectivity index (χ3n) is 4.98. The van der Waals surface area contributed by atoms with Crippen molar-refractivity contribution in [3.8, 4) is 5.69 Å². The van der Waals surface area contributed by atoms with Gasteiger partial charge in [0.1, 0.15) is 12.1 Å². The number of hydrogen-bond acceptors (Lipinski definition) is 6. The summed E-state index contributed by atoms with van der Waals surface area (Å²) in [6, 6.07) is 14.5. The fourth-order valence-corrected chi connectivity index (χ4v) is 4.13. The van der Waals surface area contributed by atoms with Gasteiger partial charge in [-0.25, -0.2) is 4.98 Å². The van der Waals surface area contributed by atoms with Crippen LogP contribution in [0.5, 0.6) is 0 Å². The summed E-state index contributed by atoms with van der Waals surface area (Å²) in [6.07, 6.45) is -2.03. The zero-order valence-electron chi connectivity index (χ0n) is 18.7. The Morgan fingerprint density at radius 2 is 1.91 bits per heavy atom. The molecule has 0 spiro atoms. The van der Waals surface area contributed by atoms with Crippen molar-refractivity contribution in [2.75, 3.05) is 6.54 Å². The third-order valence-corrected chi connectivity index (χ3v) is 5.90. The van der Waals surface area contributed by atoms with E-state index < -0.39 is 11.7 Å². The van der Waals surface area contributed by atoms with Gasteiger partial charge in [-0.2, -0.15) is 13.2 Å². The molecule has 0 aliphatic heterocycles. The van der Waals surface area contributed by atoms with Gasteiger partial charge in [-0.3, -0.25) is 9.36 Å². The summed E-state index contributed by atoms with van der Waals surface area (Å²) in [6.45, 7) is 2.47. The second kappa shape index (κ2) is 10.8. The van der Waals surface area contributed by atoms with Crippen LogP contribution < -0.4 is 5.32 Å². The van der Waals surface area contributed by atoms with Crippen molar-refractivity contribution < 1.29 is 22.4 Å². The number of benzene rings is 2. The van der Waals surface area contributed by atoms with E-state index in [4.69, 9.17) is 4.42 Å². The van der Waals surface area contributed by atoms with Crippen LogP contribution in [0.15, 0.2) is 70.4 Å². The van der Waals surface area contributed by atoms with Gasteiger partial charge in [0.05, 0.1) is 17.0 Å². The van der Waals surface area contributed by atoms with E-state index in [1.807, 2.05) is 37.3 Å². The van der Waals surface area contributed by atoms with E-state index in [0.29, 0.717) is 35.5 Å². The smallest absolute Gasteiger partial charge is 0.416 e. The van der Waals surface area contributed by atoms with Gasteiger partial charge < -0.3 is 9.73 Å². The SMILES string of the molecule is CCCNC(=O)c1coc(CSc2nnc(Cc3ccccc3)n2-c2cccc(C(F)(F)F)c2)n1. The van der Waals surface area contributed by atoms with Gasteiger partial charge >= 0.3 is 6.18 Å². The van der Waals surface area contributed by atoms with Crippen LogP contribution in [0.2, 0.25) is 0 Å². The lowest BCUT2D eigenvalue weighted by molar-refractivity contribution is -0.137. The van der Waals surface area contributed by atoms with Gasteiger partial charge in [0, 0.05) is 13.0 Å². The summed E-state index contributed by atoms with van der Waals surface area (Å²) in [5.41, 5.74) is 0.643. The van der Waals surface area contributed by atoms with Crippen molar-refractivity contribution in [3.05, 3.63) is 89.4 Å². The Hall–Kier alpha value is -3.60. The first-order chi connectivity index (χ1) is 16.8. The molecule has 0 aliphatic rings. The van der Waals surface area contributed by atoms with Crippen LogP contribution >= 0.6 is 11.8 Å². The van der Waals surface area contributed by atoms with E-state index in [1.165, 1.54) is 24.1 Å². The van der Waals surface area contributed by atoms with Crippen LogP contribution in [0.1, 0.15) is 46.7 Å². The molecule has 0 saturated heterocycles. The molecule has 1 amide bonds. The van der Waals surface area contributed by atoms with Crippen molar-refractivity contribution in [1.82, 2.24) is 25.1 Å². The molecule has 0 aliphatic carbocycles. The Morgan fingerprint density at radius 3 is 2.66 bits per heavy atom. The molecule has 2 aromatic heterocycles. The second-order valence-corrected chi connectivity index (χ2v) is 8.56. The average Bonchev–Trinajstić information content (AvgIpc) is 3.48. The van der Waals surface area contributed by atoms with Crippen LogP contribution in [0.3, 0.4) is 0 Å². The number of rotatable bonds is 9. The summed E-state index contributed by atoms with van der Waals surface area (Å²) >= 11 is 1.20. The summed E-state index contributed by atoms with van der Waals surface area (Å²) < 4.78 is 47.1. The zero-order chi connectivity index (χ0) is 24.8. The Kier molecular flexibility index (Phi) is 7.54. The molecule has 0 atom stereocenters. The fourth-order valence-electron chi connectivity index (χ4n) is 3.30. The van der Waals surface area contributed by atoms with Crippen molar-refractivity contribution in [1.29, 1.82) is 0 Å². The van der Waals surface area contributed by atoms with E-state index in [9.17, 15) is 18.0 Å². The lowest BCUT2D eigenvalue weighted by Gasteiger charge is -2.13. The molecule has 0 fully saturated rings. The first-order valence-corrected chi connectivity index (χ1v) is 11.8. The Balaban J connectivity index is 1.61. The van der Waals surface area contributed by atoms with Crippen LogP contribution in [-0.2, 0) is 18.3 Å². The first-order valence-electron chi connectivity index (χ1n) is 10.9. The predicted molar refractivity (Wildman–Crippen MR) is 124 cm³/mol. The number of carbonyl (C=O) groups is 1. The van der Waals surface area contributed by atoms with Crippen molar-refractivity contribution in [3.63, 3.8) is 0 Å². The molecule has 0 radical (unpaired) electrons. The minimum atomic E-state index is -4.48. The number of amides is 1. The number of oxazole rings is 1. The summed E-state index contributed by atoms with van der Waals surface area (Å²) in [4.78, 5) is 16.3. The van der Waals surface area contributed by atoms with Gasteiger partial charge in [0.25, 0.3) is 5.91 Å². The molecule has 2 aromatic carbocycles. The molecule has 0 bridgehead atoms. The lowest BCUT2D eigenvalue weighted by Crippen LogP contribution is -2.24. The minimum Gasteiger partial charge on any atom is -0.447 e. The van der Waals surface area contributed by atoms with Gasteiger partial charge in [0.15, 0.2) is 10.9 Å². The van der Waals surface area contributed by atoms with Gasteiger partial charge in [0.2, 0.25) is 5.89 Å². The van der Waals surface area contributed by atoms with Crippen molar-refractivity contribution in [2.24, 2.45) is 0 Å². The number of carbonyl (C=O) groups excluding carboxylic acids is 1. The van der Waals surface area contributed by atoms with Crippen LogP contribution in [0.4, 0.5) is 13.2 Å². The third kappa shape index (κ3) is 6.10. The molecule has 2 heterocycles. The number of hydrogen-bond donors (Lipinski definition) is 1. The maximum atomic E-state index is 13.4. The van der Waals surface area contributed by atoms with Crippen LogP contribution in [0, 0.1) is 0 Å². The molecule has 7 nitrogen and oxygen atoms in total. The second-order valence-electron chi connectivity index (χ2n) is 7.62. The topological polar surface area (TPSA) is 85.8 Å². The van der Waals surface area contributed by atoms with E-state index in [-0.39, 0.29) is 17.4 Å². The molecule has 0 unspecified atom stereocenters. The van der Waals surface area contributed by atoms with Crippen LogP contribution in [-0.4, -0.2) is 32.2 Å². The first kappa shape index (κ1) is 24.5. The summed E-state index contributed by atoms with van der Waals surface area (Å²) in [5, 5.41) is 11.6. The zero-order valence-corrected chi connectivity index (χ0v) is 19.6. The highest BCUT2D eigenvalue weighted by Crippen LogP contribution is 2.32. The largest absolute Gasteiger partial charge is 0.447 e. The maximum Gasteiger partial charge on any atom is 0.416 e. The monoisotopic (exact) mass is 501 g/mol. The Bertz CT molecular complexity index is 1290. The lowest BCUT2D eigenvalue weighted by atomic mass is 10.1. The standard InChI is InChI=1S/C24H22F3N5O2S/c1-2-11-28-22(33)19-14-34-21(29-19)15-35-23-31-30-20(12-16-7-4-3-5-8-16)32(23)18-10-6-9-17(13-18)24(25,26)27/h3-10,13-14H,2,11-12,15H2,1H3,(H,28,33). The molecule has 35 heavy (non-hydrogen) atoms. The van der Waals surface area contributed by atoms with Gasteiger partial charge in [-0.15, -0.1) is 10.2 Å². The number of nitrogens with one attached hydrogen (secondary N) is 1.